The number of fused-ring (bicyclic) bond motifs is 1. The maximum Gasteiger partial charge on any atom is 0.354 e. The molecule has 1 aromatic heterocycles. The first-order valence-corrected chi connectivity index (χ1v) is 11.3. The number of amides is 1. The summed E-state index contributed by atoms with van der Waals surface area (Å²) >= 11 is 0. The van der Waals surface area contributed by atoms with E-state index in [1.807, 2.05) is 0 Å². The summed E-state index contributed by atoms with van der Waals surface area (Å²) in [7, 11) is -2.42. The van der Waals surface area contributed by atoms with Gasteiger partial charge >= 0.3 is 5.97 Å². The molecule has 1 N–H and O–H groups in total. The lowest BCUT2D eigenvalue weighted by molar-refractivity contribution is -0.119. The van der Waals surface area contributed by atoms with Crippen molar-refractivity contribution in [3.63, 3.8) is 0 Å². The second kappa shape index (κ2) is 8.23. The zero-order valence-electron chi connectivity index (χ0n) is 17.2. The molecular weight excluding hydrogens is 426 g/mol. The second-order valence-corrected chi connectivity index (χ2v) is 9.11. The van der Waals surface area contributed by atoms with Crippen LogP contribution in [0.3, 0.4) is 0 Å². The van der Waals surface area contributed by atoms with E-state index in [1.54, 1.807) is 32.2 Å². The van der Waals surface area contributed by atoms with Crippen LogP contribution in [0.1, 0.15) is 30.3 Å². The van der Waals surface area contributed by atoms with E-state index in [0.29, 0.717) is 30.0 Å². The molecule has 1 amide bonds. The van der Waals surface area contributed by atoms with E-state index in [4.69, 9.17) is 14.2 Å². The summed E-state index contributed by atoms with van der Waals surface area (Å²) in [6.07, 6.45) is 2.30. The van der Waals surface area contributed by atoms with Gasteiger partial charge in [-0.3, -0.25) is 4.79 Å². The Morgan fingerprint density at radius 3 is 2.77 bits per heavy atom. The van der Waals surface area contributed by atoms with Crippen LogP contribution in [0.5, 0.6) is 11.5 Å². The highest BCUT2D eigenvalue weighted by molar-refractivity contribution is 7.89. The van der Waals surface area contributed by atoms with Crippen molar-refractivity contribution in [2.45, 2.75) is 30.7 Å². The minimum absolute atomic E-state index is 0.0548. The molecule has 1 fully saturated rings. The number of rotatable bonds is 6. The lowest BCUT2D eigenvalue weighted by atomic mass is 10.2. The number of aromatic nitrogens is 1. The Morgan fingerprint density at radius 1 is 1.23 bits per heavy atom. The Balaban J connectivity index is 1.54. The van der Waals surface area contributed by atoms with Crippen LogP contribution in [-0.2, 0) is 26.6 Å². The number of esters is 1. The predicted molar refractivity (Wildman–Crippen MR) is 109 cm³/mol. The number of hydrogen-bond acceptors (Lipinski definition) is 7. The summed E-state index contributed by atoms with van der Waals surface area (Å²) in [5.41, 5.74) is 0.615. The van der Waals surface area contributed by atoms with E-state index in [-0.39, 0.29) is 30.5 Å². The van der Waals surface area contributed by atoms with Crippen molar-refractivity contribution in [1.82, 2.24) is 8.87 Å². The number of nitrogens with one attached hydrogen (secondary N) is 1. The molecule has 2 aliphatic heterocycles. The molecule has 10 nitrogen and oxygen atoms in total. The van der Waals surface area contributed by atoms with Crippen LogP contribution in [-0.4, -0.2) is 55.2 Å². The van der Waals surface area contributed by atoms with Crippen LogP contribution < -0.4 is 14.8 Å². The Kier molecular flexibility index (Phi) is 5.63. The third kappa shape index (κ3) is 3.98. The highest BCUT2D eigenvalue weighted by Crippen LogP contribution is 2.35. The summed E-state index contributed by atoms with van der Waals surface area (Å²) < 4.78 is 44.6. The van der Waals surface area contributed by atoms with Gasteiger partial charge in [-0.25, -0.2) is 13.2 Å². The van der Waals surface area contributed by atoms with Crippen molar-refractivity contribution in [3.05, 3.63) is 36.2 Å². The smallest absolute Gasteiger partial charge is 0.354 e. The Bertz CT molecular complexity index is 1130. The number of benzene rings is 1. The lowest BCUT2D eigenvalue weighted by Gasteiger charge is -2.23. The van der Waals surface area contributed by atoms with Gasteiger partial charge in [-0.15, -0.1) is 0 Å². The summed E-state index contributed by atoms with van der Waals surface area (Å²) in [4.78, 5) is 24.9. The molecular formula is C20H23N3O7S. The molecule has 4 rings (SSSR count). The van der Waals surface area contributed by atoms with Crippen molar-refractivity contribution in [3.8, 4) is 11.5 Å². The maximum absolute atomic E-state index is 13.2. The SMILES string of the molecule is CCOC(=O)c1cc(S(=O)(=O)N2CCCC2C(=O)Nc2ccc3c(c2)OCO3)cn1C. The highest BCUT2D eigenvalue weighted by atomic mass is 32.2. The number of carbonyl (C=O) groups is 2. The van der Waals surface area contributed by atoms with Gasteiger partial charge in [0, 0.05) is 31.5 Å². The van der Waals surface area contributed by atoms with Crippen molar-refractivity contribution in [2.24, 2.45) is 7.05 Å². The van der Waals surface area contributed by atoms with Crippen LogP contribution in [0, 0.1) is 0 Å². The highest BCUT2D eigenvalue weighted by Gasteiger charge is 2.40. The molecule has 0 bridgehead atoms. The summed E-state index contributed by atoms with van der Waals surface area (Å²) in [5, 5.41) is 2.76. The number of nitrogens with zero attached hydrogens (tertiary/aromatic N) is 2. The molecule has 1 saturated heterocycles. The van der Waals surface area contributed by atoms with Crippen LogP contribution in [0.2, 0.25) is 0 Å². The fourth-order valence-corrected chi connectivity index (χ4v) is 5.44. The number of anilines is 1. The topological polar surface area (TPSA) is 116 Å². The van der Waals surface area contributed by atoms with Gasteiger partial charge in [-0.2, -0.15) is 4.31 Å². The molecule has 0 spiro atoms. The number of carbonyl (C=O) groups excluding carboxylic acids is 2. The molecule has 1 aromatic carbocycles. The number of sulfonamides is 1. The molecule has 31 heavy (non-hydrogen) atoms. The quantitative estimate of drug-likeness (QED) is 0.668. The summed E-state index contributed by atoms with van der Waals surface area (Å²) in [5.74, 6) is 0.0699. The van der Waals surface area contributed by atoms with Gasteiger partial charge in [-0.1, -0.05) is 0 Å². The fourth-order valence-electron chi connectivity index (χ4n) is 3.71. The van der Waals surface area contributed by atoms with Gasteiger partial charge < -0.3 is 24.1 Å². The Labute approximate surface area is 179 Å². The molecule has 0 aliphatic carbocycles. The summed E-state index contributed by atoms with van der Waals surface area (Å²) in [6.45, 7) is 2.18. The number of ether oxygens (including phenoxy) is 3. The van der Waals surface area contributed by atoms with Crippen molar-refractivity contribution in [1.29, 1.82) is 0 Å². The van der Waals surface area contributed by atoms with Crippen molar-refractivity contribution >= 4 is 27.6 Å². The minimum atomic E-state index is -3.99. The standard InChI is InChI=1S/C20H23N3O7S/c1-3-28-20(25)16-10-14(11-22(16)2)31(26,27)23-8-4-5-15(23)19(24)21-13-6-7-17-18(9-13)30-12-29-17/h6-7,9-11,15H,3-5,8,12H2,1-2H3,(H,21,24). The number of aryl methyl sites for hydroxylation is 1. The van der Waals surface area contributed by atoms with Crippen LogP contribution >= 0.6 is 0 Å². The van der Waals surface area contributed by atoms with E-state index >= 15 is 0 Å². The normalized spacial score (nSPS) is 18.2. The molecule has 1 unspecified atom stereocenters. The summed E-state index contributed by atoms with van der Waals surface area (Å²) in [6, 6.07) is 5.40. The first kappa shape index (κ1) is 21.2. The zero-order valence-corrected chi connectivity index (χ0v) is 18.0. The van der Waals surface area contributed by atoms with Crippen LogP contribution in [0.4, 0.5) is 5.69 Å². The van der Waals surface area contributed by atoms with Gasteiger partial charge in [0.15, 0.2) is 11.5 Å². The lowest BCUT2D eigenvalue weighted by Crippen LogP contribution is -2.43. The van der Waals surface area contributed by atoms with Gasteiger partial charge in [-0.05, 0) is 38.0 Å². The maximum atomic E-state index is 13.2. The van der Waals surface area contributed by atoms with Gasteiger partial charge in [0.25, 0.3) is 0 Å². The predicted octanol–water partition coefficient (Wildman–Crippen LogP) is 1.72. The van der Waals surface area contributed by atoms with E-state index in [9.17, 15) is 18.0 Å². The van der Waals surface area contributed by atoms with E-state index < -0.39 is 27.9 Å². The van der Waals surface area contributed by atoms with Crippen LogP contribution in [0.15, 0.2) is 35.4 Å². The average molecular weight is 449 g/mol. The van der Waals surface area contributed by atoms with E-state index in [1.165, 1.54) is 21.1 Å². The van der Waals surface area contributed by atoms with Gasteiger partial charge in [0.2, 0.25) is 22.7 Å². The monoisotopic (exact) mass is 449 g/mol. The third-order valence-corrected chi connectivity index (χ3v) is 7.09. The van der Waals surface area contributed by atoms with Gasteiger partial charge in [0.05, 0.1) is 6.61 Å². The first-order chi connectivity index (χ1) is 14.8. The number of hydrogen-bond donors (Lipinski definition) is 1. The fraction of sp³-hybridized carbons (Fsp3) is 0.400. The molecule has 2 aliphatic rings. The zero-order chi connectivity index (χ0) is 22.2. The Morgan fingerprint density at radius 2 is 2.00 bits per heavy atom. The molecule has 1 atom stereocenters. The van der Waals surface area contributed by atoms with E-state index in [0.717, 1.165) is 0 Å². The molecule has 3 heterocycles. The molecule has 0 radical (unpaired) electrons. The first-order valence-electron chi connectivity index (χ1n) is 9.87. The van der Waals surface area contributed by atoms with Gasteiger partial charge in [0.1, 0.15) is 16.6 Å². The molecule has 166 valence electrons. The molecule has 0 saturated carbocycles. The average Bonchev–Trinajstić information content (AvgIpc) is 3.47. The van der Waals surface area contributed by atoms with Crippen molar-refractivity contribution < 1.29 is 32.2 Å². The van der Waals surface area contributed by atoms with Crippen molar-refractivity contribution in [2.75, 3.05) is 25.3 Å². The molecule has 11 heteroatoms. The van der Waals surface area contributed by atoms with E-state index in [2.05, 4.69) is 5.32 Å². The van der Waals surface area contributed by atoms with Crippen LogP contribution in [0.25, 0.3) is 0 Å². The molecule has 2 aromatic rings. The minimum Gasteiger partial charge on any atom is -0.461 e. The second-order valence-electron chi connectivity index (χ2n) is 7.22. The third-order valence-electron chi connectivity index (χ3n) is 5.22. The Hall–Kier alpha value is -3.05. The largest absolute Gasteiger partial charge is 0.461 e.